The van der Waals surface area contributed by atoms with Gasteiger partial charge in [-0.1, -0.05) is 66.2 Å². The summed E-state index contributed by atoms with van der Waals surface area (Å²) in [7, 11) is -4.12. The maximum atomic E-state index is 13.8. The highest BCUT2D eigenvalue weighted by molar-refractivity contribution is 7.92. The minimum Gasteiger partial charge on any atom is -0.355 e. The number of rotatable bonds is 10. The molecule has 3 aromatic carbocycles. The number of anilines is 1. The summed E-state index contributed by atoms with van der Waals surface area (Å²) < 4.78 is 28.6. The lowest BCUT2D eigenvalue weighted by molar-refractivity contribution is -0.139. The van der Waals surface area contributed by atoms with E-state index >= 15 is 0 Å². The standard InChI is InChI=1S/C27H30ClN3O4S/c1-4-29-27(33)21(3)30(18-22-12-7-5-8-13-22)26(32)19-31(25-17-11-16-24(28)20(25)2)36(34,35)23-14-9-6-10-15-23/h5-17,21H,4,18-19H2,1-3H3,(H,29,33). The summed E-state index contributed by atoms with van der Waals surface area (Å²) in [5, 5.41) is 3.12. The van der Waals surface area contributed by atoms with Gasteiger partial charge in [-0.3, -0.25) is 13.9 Å². The number of halogens is 1. The minimum absolute atomic E-state index is 0.0450. The van der Waals surface area contributed by atoms with Gasteiger partial charge in [0.1, 0.15) is 12.6 Å². The van der Waals surface area contributed by atoms with E-state index in [-0.39, 0.29) is 17.3 Å². The lowest BCUT2D eigenvalue weighted by Gasteiger charge is -2.32. The molecule has 0 fully saturated rings. The predicted octanol–water partition coefficient (Wildman–Crippen LogP) is 4.40. The SMILES string of the molecule is CCNC(=O)C(C)N(Cc1ccccc1)C(=O)CN(c1cccc(Cl)c1C)S(=O)(=O)c1ccccc1. The molecule has 7 nitrogen and oxygen atoms in total. The maximum absolute atomic E-state index is 13.8. The van der Waals surface area contributed by atoms with Gasteiger partial charge in [-0.2, -0.15) is 0 Å². The van der Waals surface area contributed by atoms with Gasteiger partial charge in [0.05, 0.1) is 10.6 Å². The van der Waals surface area contributed by atoms with Crippen LogP contribution >= 0.6 is 11.6 Å². The van der Waals surface area contributed by atoms with Crippen molar-refractivity contribution in [3.8, 4) is 0 Å². The number of amides is 2. The van der Waals surface area contributed by atoms with Crippen LogP contribution in [0, 0.1) is 6.92 Å². The molecule has 0 saturated heterocycles. The lowest BCUT2D eigenvalue weighted by Crippen LogP contribution is -2.51. The largest absolute Gasteiger partial charge is 0.355 e. The first-order valence-corrected chi connectivity index (χ1v) is 13.4. The van der Waals surface area contributed by atoms with Crippen molar-refractivity contribution in [2.45, 2.75) is 38.3 Å². The lowest BCUT2D eigenvalue weighted by atomic mass is 10.1. The third-order valence-electron chi connectivity index (χ3n) is 5.83. The molecule has 0 bridgehead atoms. The van der Waals surface area contributed by atoms with Crippen molar-refractivity contribution in [2.24, 2.45) is 0 Å². The molecule has 1 unspecified atom stereocenters. The van der Waals surface area contributed by atoms with Gasteiger partial charge in [0.15, 0.2) is 0 Å². The highest BCUT2D eigenvalue weighted by atomic mass is 35.5. The molecule has 0 saturated carbocycles. The Bertz CT molecular complexity index is 1300. The van der Waals surface area contributed by atoms with E-state index in [0.29, 0.717) is 22.8 Å². The normalized spacial score (nSPS) is 12.0. The fourth-order valence-corrected chi connectivity index (χ4v) is 5.45. The molecule has 0 aliphatic carbocycles. The Morgan fingerprint density at radius 3 is 2.17 bits per heavy atom. The second kappa shape index (κ2) is 12.1. The smallest absolute Gasteiger partial charge is 0.264 e. The number of nitrogens with one attached hydrogen (secondary N) is 1. The van der Waals surface area contributed by atoms with Crippen LogP contribution in [0.1, 0.15) is 25.0 Å². The van der Waals surface area contributed by atoms with Crippen LogP contribution in [0.2, 0.25) is 5.02 Å². The second-order valence-corrected chi connectivity index (χ2v) is 10.6. The van der Waals surface area contributed by atoms with Crippen molar-refractivity contribution in [1.29, 1.82) is 0 Å². The number of hydrogen-bond acceptors (Lipinski definition) is 4. The molecule has 3 rings (SSSR count). The average molecular weight is 528 g/mol. The van der Waals surface area contributed by atoms with E-state index in [1.807, 2.05) is 30.3 Å². The minimum atomic E-state index is -4.12. The molecule has 9 heteroatoms. The van der Waals surface area contributed by atoms with Crippen molar-refractivity contribution in [3.63, 3.8) is 0 Å². The Morgan fingerprint density at radius 1 is 0.944 bits per heavy atom. The van der Waals surface area contributed by atoms with Crippen LogP contribution in [0.25, 0.3) is 0 Å². The highest BCUT2D eigenvalue weighted by Gasteiger charge is 2.33. The van der Waals surface area contributed by atoms with Crippen LogP contribution < -0.4 is 9.62 Å². The van der Waals surface area contributed by atoms with E-state index in [4.69, 9.17) is 11.6 Å². The number of benzene rings is 3. The van der Waals surface area contributed by atoms with E-state index in [2.05, 4.69) is 5.32 Å². The Balaban J connectivity index is 2.05. The molecule has 0 heterocycles. The number of nitrogens with zero attached hydrogens (tertiary/aromatic N) is 2. The van der Waals surface area contributed by atoms with Crippen LogP contribution in [-0.2, 0) is 26.2 Å². The first-order valence-electron chi connectivity index (χ1n) is 11.6. The zero-order chi connectivity index (χ0) is 26.3. The molecule has 1 N–H and O–H groups in total. The number of likely N-dealkylation sites (N-methyl/N-ethyl adjacent to an activating group) is 1. The van der Waals surface area contributed by atoms with E-state index in [9.17, 15) is 18.0 Å². The van der Waals surface area contributed by atoms with Crippen LogP contribution in [-0.4, -0.2) is 44.3 Å². The van der Waals surface area contributed by atoms with Crippen LogP contribution in [0.3, 0.4) is 0 Å². The number of hydrogen-bond donors (Lipinski definition) is 1. The van der Waals surface area contributed by atoms with Crippen molar-refractivity contribution in [1.82, 2.24) is 10.2 Å². The van der Waals surface area contributed by atoms with Crippen molar-refractivity contribution < 1.29 is 18.0 Å². The summed E-state index contributed by atoms with van der Waals surface area (Å²) in [5.41, 5.74) is 1.64. The Kier molecular flexibility index (Phi) is 9.12. The molecule has 3 aromatic rings. The number of carbonyl (C=O) groups excluding carboxylic acids is 2. The quantitative estimate of drug-likeness (QED) is 0.423. The molecule has 0 aliphatic heterocycles. The Hall–Kier alpha value is -3.36. The maximum Gasteiger partial charge on any atom is 0.264 e. The first kappa shape index (κ1) is 27.2. The summed E-state index contributed by atoms with van der Waals surface area (Å²) >= 11 is 6.32. The average Bonchev–Trinajstić information content (AvgIpc) is 2.88. The fraction of sp³-hybridized carbons (Fsp3) is 0.259. The van der Waals surface area contributed by atoms with Crippen molar-refractivity contribution in [3.05, 3.63) is 95.0 Å². The van der Waals surface area contributed by atoms with Crippen LogP contribution in [0.15, 0.2) is 83.8 Å². The molecule has 0 aromatic heterocycles. The molecule has 2 amide bonds. The predicted molar refractivity (Wildman–Crippen MR) is 142 cm³/mol. The van der Waals surface area contributed by atoms with Gasteiger partial charge in [0.2, 0.25) is 11.8 Å². The van der Waals surface area contributed by atoms with E-state index in [1.165, 1.54) is 17.0 Å². The Labute approximate surface area is 217 Å². The molecule has 190 valence electrons. The summed E-state index contributed by atoms with van der Waals surface area (Å²) in [4.78, 5) is 27.9. The molecule has 0 spiro atoms. The van der Waals surface area contributed by atoms with E-state index in [1.54, 1.807) is 57.2 Å². The summed E-state index contributed by atoms with van der Waals surface area (Å²) in [6.45, 7) is 5.18. The van der Waals surface area contributed by atoms with E-state index in [0.717, 1.165) is 9.87 Å². The van der Waals surface area contributed by atoms with Crippen molar-refractivity contribution in [2.75, 3.05) is 17.4 Å². The summed E-state index contributed by atoms with van der Waals surface area (Å²) in [6, 6.07) is 21.3. The molecular weight excluding hydrogens is 498 g/mol. The zero-order valence-corrected chi connectivity index (χ0v) is 22.1. The van der Waals surface area contributed by atoms with E-state index < -0.39 is 28.5 Å². The van der Waals surface area contributed by atoms with Gasteiger partial charge in [-0.25, -0.2) is 8.42 Å². The molecular formula is C27H30ClN3O4S. The topological polar surface area (TPSA) is 86.8 Å². The molecule has 36 heavy (non-hydrogen) atoms. The third kappa shape index (κ3) is 6.25. The number of sulfonamides is 1. The number of carbonyl (C=O) groups is 2. The summed E-state index contributed by atoms with van der Waals surface area (Å²) in [5.74, 6) is -0.838. The monoisotopic (exact) mass is 527 g/mol. The van der Waals surface area contributed by atoms with Crippen LogP contribution in [0.5, 0.6) is 0 Å². The fourth-order valence-electron chi connectivity index (χ4n) is 3.78. The van der Waals surface area contributed by atoms with Gasteiger partial charge in [-0.15, -0.1) is 0 Å². The van der Waals surface area contributed by atoms with Gasteiger partial charge >= 0.3 is 0 Å². The second-order valence-electron chi connectivity index (χ2n) is 8.29. The highest BCUT2D eigenvalue weighted by Crippen LogP contribution is 2.31. The molecule has 0 aliphatic rings. The van der Waals surface area contributed by atoms with Gasteiger partial charge in [0, 0.05) is 18.1 Å². The summed E-state index contributed by atoms with van der Waals surface area (Å²) in [6.07, 6.45) is 0. The molecule has 1 atom stereocenters. The third-order valence-corrected chi connectivity index (χ3v) is 8.02. The van der Waals surface area contributed by atoms with Gasteiger partial charge in [-0.05, 0) is 56.2 Å². The molecule has 0 radical (unpaired) electrons. The van der Waals surface area contributed by atoms with Gasteiger partial charge < -0.3 is 10.2 Å². The first-order chi connectivity index (χ1) is 17.2. The van der Waals surface area contributed by atoms with Gasteiger partial charge in [0.25, 0.3) is 10.0 Å². The zero-order valence-electron chi connectivity index (χ0n) is 20.5. The van der Waals surface area contributed by atoms with Crippen LogP contribution in [0.4, 0.5) is 5.69 Å². The Morgan fingerprint density at radius 2 is 1.56 bits per heavy atom. The van der Waals surface area contributed by atoms with Crippen molar-refractivity contribution >= 4 is 39.1 Å².